The molecule has 2 aromatic carbocycles. The molecular formula is C21H26N2O3. The topological polar surface area (TPSA) is 59.6 Å². The summed E-state index contributed by atoms with van der Waals surface area (Å²) >= 11 is 0. The first-order chi connectivity index (χ1) is 12.8. The summed E-state index contributed by atoms with van der Waals surface area (Å²) in [5, 5.41) is 6.30. The first-order valence-corrected chi connectivity index (χ1v) is 9.08. The first-order valence-electron chi connectivity index (χ1n) is 9.08. The van der Waals surface area contributed by atoms with Crippen LogP contribution in [0.15, 0.2) is 48.5 Å². The molecule has 3 rings (SSSR count). The molecule has 0 saturated heterocycles. The van der Waals surface area contributed by atoms with E-state index in [9.17, 15) is 4.79 Å². The smallest absolute Gasteiger partial charge is 0.223 e. The number of rotatable bonds is 10. The minimum atomic E-state index is 0.188. The number of methoxy groups -OCH3 is 1. The fraction of sp³-hybridized carbons (Fsp3) is 0.381. The molecule has 0 bridgehead atoms. The van der Waals surface area contributed by atoms with Crippen LogP contribution < -0.4 is 20.1 Å². The summed E-state index contributed by atoms with van der Waals surface area (Å²) < 4.78 is 11.3. The van der Waals surface area contributed by atoms with Gasteiger partial charge in [-0.05, 0) is 36.1 Å². The Balaban J connectivity index is 1.47. The van der Waals surface area contributed by atoms with Crippen molar-refractivity contribution in [3.05, 3.63) is 59.7 Å². The normalized spacial score (nSPS) is 13.3. The second-order valence-corrected chi connectivity index (χ2v) is 6.50. The van der Waals surface area contributed by atoms with Crippen molar-refractivity contribution in [2.75, 3.05) is 20.2 Å². The van der Waals surface area contributed by atoms with Crippen LogP contribution in [0.5, 0.6) is 11.5 Å². The quantitative estimate of drug-likeness (QED) is 0.644. The highest BCUT2D eigenvalue weighted by atomic mass is 16.5. The maximum absolute atomic E-state index is 11.6. The Labute approximate surface area is 154 Å². The van der Waals surface area contributed by atoms with Gasteiger partial charge in [-0.15, -0.1) is 0 Å². The lowest BCUT2D eigenvalue weighted by Gasteiger charge is -2.13. The van der Waals surface area contributed by atoms with Crippen LogP contribution in [0.1, 0.15) is 24.0 Å². The summed E-state index contributed by atoms with van der Waals surface area (Å²) in [4.78, 5) is 11.6. The zero-order valence-corrected chi connectivity index (χ0v) is 15.2. The number of hydrogen-bond acceptors (Lipinski definition) is 4. The molecule has 2 N–H and O–H groups in total. The van der Waals surface area contributed by atoms with Crippen LogP contribution in [0, 0.1) is 5.92 Å². The largest absolute Gasteiger partial charge is 0.493 e. The van der Waals surface area contributed by atoms with Gasteiger partial charge in [-0.2, -0.15) is 0 Å². The monoisotopic (exact) mass is 354 g/mol. The van der Waals surface area contributed by atoms with E-state index < -0.39 is 0 Å². The number of benzene rings is 2. The van der Waals surface area contributed by atoms with Gasteiger partial charge in [-0.3, -0.25) is 4.79 Å². The van der Waals surface area contributed by atoms with Crippen LogP contribution in [-0.2, 0) is 17.9 Å². The standard InChI is InChI=1S/C21H26N2O3/c1-25-19-10-7-17(14-22-11-12-23-21(24)18-8-9-18)13-20(19)26-15-16-5-3-2-4-6-16/h2-7,10,13,18,22H,8-9,11-12,14-15H2,1H3,(H,23,24). The van der Waals surface area contributed by atoms with Crippen molar-refractivity contribution in [2.45, 2.75) is 26.0 Å². The zero-order valence-electron chi connectivity index (χ0n) is 15.2. The first kappa shape index (κ1) is 18.3. The SMILES string of the molecule is COc1ccc(CNCCNC(=O)C2CC2)cc1OCc1ccccc1. The van der Waals surface area contributed by atoms with E-state index >= 15 is 0 Å². The van der Waals surface area contributed by atoms with Crippen molar-refractivity contribution in [1.29, 1.82) is 0 Å². The molecule has 1 aliphatic carbocycles. The molecule has 0 atom stereocenters. The molecule has 1 fully saturated rings. The predicted molar refractivity (Wildman–Crippen MR) is 101 cm³/mol. The number of hydrogen-bond donors (Lipinski definition) is 2. The minimum absolute atomic E-state index is 0.188. The van der Waals surface area contributed by atoms with Crippen LogP contribution in [0.4, 0.5) is 0 Å². The van der Waals surface area contributed by atoms with Crippen LogP contribution in [0.25, 0.3) is 0 Å². The van der Waals surface area contributed by atoms with E-state index in [1.165, 1.54) is 0 Å². The Morgan fingerprint density at radius 3 is 2.58 bits per heavy atom. The van der Waals surface area contributed by atoms with E-state index in [-0.39, 0.29) is 11.8 Å². The average molecular weight is 354 g/mol. The predicted octanol–water partition coefficient (Wildman–Crippen LogP) is 2.89. The fourth-order valence-electron chi connectivity index (χ4n) is 2.68. The number of ether oxygens (including phenoxy) is 2. The molecule has 1 saturated carbocycles. The summed E-state index contributed by atoms with van der Waals surface area (Å²) in [6.07, 6.45) is 2.08. The molecule has 5 nitrogen and oxygen atoms in total. The Hall–Kier alpha value is -2.53. The highest BCUT2D eigenvalue weighted by molar-refractivity contribution is 5.80. The van der Waals surface area contributed by atoms with Gasteiger partial charge in [0, 0.05) is 25.6 Å². The highest BCUT2D eigenvalue weighted by Gasteiger charge is 2.28. The average Bonchev–Trinajstić information content (AvgIpc) is 3.52. The summed E-state index contributed by atoms with van der Waals surface area (Å²) in [5.74, 6) is 1.91. The number of nitrogens with one attached hydrogen (secondary N) is 2. The number of carbonyl (C=O) groups excluding carboxylic acids is 1. The van der Waals surface area contributed by atoms with Crippen molar-refractivity contribution in [3.63, 3.8) is 0 Å². The van der Waals surface area contributed by atoms with Crippen molar-refractivity contribution < 1.29 is 14.3 Å². The van der Waals surface area contributed by atoms with Gasteiger partial charge < -0.3 is 20.1 Å². The van der Waals surface area contributed by atoms with Crippen molar-refractivity contribution >= 4 is 5.91 Å². The molecule has 1 aliphatic rings. The molecule has 0 radical (unpaired) electrons. The Morgan fingerprint density at radius 2 is 1.85 bits per heavy atom. The summed E-state index contributed by atoms with van der Waals surface area (Å²) in [6.45, 7) is 2.61. The number of amides is 1. The molecule has 0 spiro atoms. The molecule has 2 aromatic rings. The van der Waals surface area contributed by atoms with Gasteiger partial charge in [0.1, 0.15) is 6.61 Å². The van der Waals surface area contributed by atoms with Gasteiger partial charge >= 0.3 is 0 Å². The summed E-state index contributed by atoms with van der Waals surface area (Å²) in [6, 6.07) is 16.0. The summed E-state index contributed by atoms with van der Waals surface area (Å²) in [5.41, 5.74) is 2.23. The molecule has 5 heteroatoms. The van der Waals surface area contributed by atoms with E-state index in [1.54, 1.807) is 7.11 Å². The van der Waals surface area contributed by atoms with E-state index in [4.69, 9.17) is 9.47 Å². The van der Waals surface area contributed by atoms with Gasteiger partial charge in [0.2, 0.25) is 5.91 Å². The second-order valence-electron chi connectivity index (χ2n) is 6.50. The third-order valence-electron chi connectivity index (χ3n) is 4.34. The summed E-state index contributed by atoms with van der Waals surface area (Å²) in [7, 11) is 1.64. The van der Waals surface area contributed by atoms with Gasteiger partial charge in [0.25, 0.3) is 0 Å². The number of carbonyl (C=O) groups is 1. The minimum Gasteiger partial charge on any atom is -0.493 e. The van der Waals surface area contributed by atoms with E-state index in [1.807, 2.05) is 48.5 Å². The molecular weight excluding hydrogens is 328 g/mol. The van der Waals surface area contributed by atoms with Crippen LogP contribution in [0.3, 0.4) is 0 Å². The third kappa shape index (κ3) is 5.49. The van der Waals surface area contributed by atoms with Crippen molar-refractivity contribution in [3.8, 4) is 11.5 Å². The maximum atomic E-state index is 11.6. The molecule has 26 heavy (non-hydrogen) atoms. The van der Waals surface area contributed by atoms with Crippen LogP contribution in [0.2, 0.25) is 0 Å². The van der Waals surface area contributed by atoms with E-state index in [0.29, 0.717) is 19.7 Å². The van der Waals surface area contributed by atoms with E-state index in [0.717, 1.165) is 42.0 Å². The van der Waals surface area contributed by atoms with Crippen molar-refractivity contribution in [2.24, 2.45) is 5.92 Å². The Morgan fingerprint density at radius 1 is 1.04 bits per heavy atom. The molecule has 138 valence electrons. The van der Waals surface area contributed by atoms with Gasteiger partial charge in [-0.25, -0.2) is 0 Å². The lowest BCUT2D eigenvalue weighted by molar-refractivity contribution is -0.122. The van der Waals surface area contributed by atoms with Gasteiger partial charge in [0.05, 0.1) is 7.11 Å². The molecule has 0 aliphatic heterocycles. The fourth-order valence-corrected chi connectivity index (χ4v) is 2.68. The molecule has 0 unspecified atom stereocenters. The third-order valence-corrected chi connectivity index (χ3v) is 4.34. The molecule has 0 heterocycles. The van der Waals surface area contributed by atoms with Crippen molar-refractivity contribution in [1.82, 2.24) is 10.6 Å². The highest BCUT2D eigenvalue weighted by Crippen LogP contribution is 2.29. The van der Waals surface area contributed by atoms with Crippen LogP contribution >= 0.6 is 0 Å². The van der Waals surface area contributed by atoms with Crippen LogP contribution in [-0.4, -0.2) is 26.1 Å². The van der Waals surface area contributed by atoms with Gasteiger partial charge in [0.15, 0.2) is 11.5 Å². The maximum Gasteiger partial charge on any atom is 0.223 e. The second kappa shape index (κ2) is 9.25. The molecule has 1 amide bonds. The van der Waals surface area contributed by atoms with E-state index in [2.05, 4.69) is 10.6 Å². The van der Waals surface area contributed by atoms with Gasteiger partial charge in [-0.1, -0.05) is 36.4 Å². The molecule has 0 aromatic heterocycles. The lowest BCUT2D eigenvalue weighted by Crippen LogP contribution is -2.32. The Bertz CT molecular complexity index is 714. The lowest BCUT2D eigenvalue weighted by atomic mass is 10.2. The zero-order chi connectivity index (χ0) is 18.2. The Kier molecular flexibility index (Phi) is 6.50.